The number of nitrogens with two attached hydrogens (primary N) is 1. The molecule has 1 amide bonds. The Labute approximate surface area is 125 Å². The van der Waals surface area contributed by atoms with Crippen LogP contribution in [0.4, 0.5) is 0 Å². The molecule has 19 heavy (non-hydrogen) atoms. The van der Waals surface area contributed by atoms with Crippen molar-refractivity contribution in [1.29, 1.82) is 0 Å². The van der Waals surface area contributed by atoms with E-state index in [-0.39, 0.29) is 5.91 Å². The zero-order valence-corrected chi connectivity index (χ0v) is 12.8. The smallest absolute Gasteiger partial charge is 0.272 e. The van der Waals surface area contributed by atoms with Gasteiger partial charge in [-0.05, 0) is 28.1 Å². The van der Waals surface area contributed by atoms with Gasteiger partial charge in [0.2, 0.25) is 0 Å². The van der Waals surface area contributed by atoms with Gasteiger partial charge in [0.25, 0.3) is 5.91 Å². The molecule has 0 aromatic carbocycles. The standard InChI is InChI=1S/C12H15BrN4OS/c13-9-1-2-10(15-7-9)12(18)17-5-3-16(4-6-17)8-11(14)19/h1-2,7H,3-6,8H2,(H2,14,19). The Balaban J connectivity index is 1.92. The van der Waals surface area contributed by atoms with Crippen molar-refractivity contribution in [3.8, 4) is 0 Å². The molecule has 0 atom stereocenters. The first-order chi connectivity index (χ1) is 9.06. The summed E-state index contributed by atoms with van der Waals surface area (Å²) >= 11 is 8.19. The molecular weight excluding hydrogens is 328 g/mol. The minimum Gasteiger partial charge on any atom is -0.392 e. The molecule has 0 bridgehead atoms. The number of hydrogen-bond donors (Lipinski definition) is 1. The minimum atomic E-state index is -0.0255. The lowest BCUT2D eigenvalue weighted by atomic mass is 10.2. The van der Waals surface area contributed by atoms with E-state index >= 15 is 0 Å². The third-order valence-corrected chi connectivity index (χ3v) is 3.58. The fourth-order valence-electron chi connectivity index (χ4n) is 1.99. The average molecular weight is 343 g/mol. The molecule has 102 valence electrons. The normalized spacial score (nSPS) is 16.4. The summed E-state index contributed by atoms with van der Waals surface area (Å²) in [6, 6.07) is 3.55. The van der Waals surface area contributed by atoms with E-state index in [1.165, 1.54) is 0 Å². The summed E-state index contributed by atoms with van der Waals surface area (Å²) in [5.41, 5.74) is 6.00. The van der Waals surface area contributed by atoms with Crippen molar-refractivity contribution in [3.05, 3.63) is 28.5 Å². The van der Waals surface area contributed by atoms with Crippen LogP contribution in [0.5, 0.6) is 0 Å². The molecule has 1 aliphatic heterocycles. The largest absolute Gasteiger partial charge is 0.392 e. The van der Waals surface area contributed by atoms with Gasteiger partial charge in [-0.25, -0.2) is 4.98 Å². The number of hydrogen-bond acceptors (Lipinski definition) is 4. The van der Waals surface area contributed by atoms with E-state index < -0.39 is 0 Å². The van der Waals surface area contributed by atoms with Crippen LogP contribution in [0.1, 0.15) is 10.5 Å². The lowest BCUT2D eigenvalue weighted by Gasteiger charge is -2.34. The van der Waals surface area contributed by atoms with Crippen molar-refractivity contribution >= 4 is 39.0 Å². The first-order valence-corrected chi connectivity index (χ1v) is 7.18. The van der Waals surface area contributed by atoms with Gasteiger partial charge in [0.05, 0.1) is 4.99 Å². The number of rotatable bonds is 3. The van der Waals surface area contributed by atoms with E-state index in [4.69, 9.17) is 18.0 Å². The summed E-state index contributed by atoms with van der Waals surface area (Å²) in [6.45, 7) is 3.56. The zero-order valence-electron chi connectivity index (χ0n) is 10.4. The first-order valence-electron chi connectivity index (χ1n) is 5.98. The molecule has 1 saturated heterocycles. The molecule has 2 heterocycles. The van der Waals surface area contributed by atoms with E-state index in [1.54, 1.807) is 12.3 Å². The van der Waals surface area contributed by atoms with Gasteiger partial charge in [0.15, 0.2) is 0 Å². The third-order valence-electron chi connectivity index (χ3n) is 2.99. The number of pyridine rings is 1. The number of amides is 1. The number of halogens is 1. The van der Waals surface area contributed by atoms with Crippen LogP contribution >= 0.6 is 28.1 Å². The summed E-state index contributed by atoms with van der Waals surface area (Å²) in [5, 5.41) is 0. The highest BCUT2D eigenvalue weighted by atomic mass is 79.9. The maximum absolute atomic E-state index is 12.2. The molecule has 0 unspecified atom stereocenters. The summed E-state index contributed by atoms with van der Waals surface area (Å²) in [5.74, 6) is -0.0255. The van der Waals surface area contributed by atoms with Crippen molar-refractivity contribution < 1.29 is 4.79 Å². The van der Waals surface area contributed by atoms with Crippen molar-refractivity contribution in [3.63, 3.8) is 0 Å². The molecule has 1 aromatic rings. The highest BCUT2D eigenvalue weighted by Gasteiger charge is 2.22. The van der Waals surface area contributed by atoms with Gasteiger partial charge in [-0.15, -0.1) is 0 Å². The van der Waals surface area contributed by atoms with Crippen LogP contribution in [0.25, 0.3) is 0 Å². The Morgan fingerprint density at radius 3 is 2.58 bits per heavy atom. The van der Waals surface area contributed by atoms with E-state index in [2.05, 4.69) is 25.8 Å². The predicted octanol–water partition coefficient (Wildman–Crippen LogP) is 0.888. The van der Waals surface area contributed by atoms with Crippen molar-refractivity contribution in [2.75, 3.05) is 32.7 Å². The number of thiocarbonyl (C=S) groups is 1. The van der Waals surface area contributed by atoms with E-state index in [1.807, 2.05) is 11.0 Å². The quantitative estimate of drug-likeness (QED) is 0.826. The Hall–Kier alpha value is -1.05. The zero-order chi connectivity index (χ0) is 13.8. The van der Waals surface area contributed by atoms with Gasteiger partial charge in [-0.3, -0.25) is 9.69 Å². The van der Waals surface area contributed by atoms with Crippen LogP contribution in [0, 0.1) is 0 Å². The molecule has 1 aliphatic rings. The van der Waals surface area contributed by atoms with Crippen molar-refractivity contribution in [1.82, 2.24) is 14.8 Å². The number of aromatic nitrogens is 1. The molecule has 0 spiro atoms. The SMILES string of the molecule is NC(=S)CN1CCN(C(=O)c2ccc(Br)cn2)CC1. The molecule has 2 N–H and O–H groups in total. The second-order valence-electron chi connectivity index (χ2n) is 4.40. The van der Waals surface area contributed by atoms with Crippen molar-refractivity contribution in [2.24, 2.45) is 5.73 Å². The Morgan fingerprint density at radius 1 is 1.37 bits per heavy atom. The number of carbonyl (C=O) groups is 1. The van der Waals surface area contributed by atoms with Gasteiger partial charge in [-0.1, -0.05) is 12.2 Å². The molecule has 5 nitrogen and oxygen atoms in total. The molecular formula is C12H15BrN4OS. The van der Waals surface area contributed by atoms with Gasteiger partial charge in [0, 0.05) is 43.4 Å². The van der Waals surface area contributed by atoms with Crippen LogP contribution in [-0.4, -0.2) is 58.4 Å². The predicted molar refractivity (Wildman–Crippen MR) is 81.1 cm³/mol. The number of piperazine rings is 1. The van der Waals surface area contributed by atoms with Crippen LogP contribution in [0.15, 0.2) is 22.8 Å². The maximum Gasteiger partial charge on any atom is 0.272 e. The Bertz CT molecular complexity index is 471. The Kier molecular flexibility index (Phi) is 4.84. The average Bonchev–Trinajstić information content (AvgIpc) is 2.39. The van der Waals surface area contributed by atoms with Crippen LogP contribution in [0.2, 0.25) is 0 Å². The topological polar surface area (TPSA) is 62.5 Å². The number of nitrogens with zero attached hydrogens (tertiary/aromatic N) is 3. The maximum atomic E-state index is 12.2. The van der Waals surface area contributed by atoms with Gasteiger partial charge < -0.3 is 10.6 Å². The third kappa shape index (κ3) is 3.95. The second kappa shape index (κ2) is 6.40. The molecule has 2 rings (SSSR count). The van der Waals surface area contributed by atoms with E-state index in [0.29, 0.717) is 30.3 Å². The van der Waals surface area contributed by atoms with E-state index in [0.717, 1.165) is 17.6 Å². The highest BCUT2D eigenvalue weighted by molar-refractivity contribution is 9.10. The molecule has 1 fully saturated rings. The molecule has 0 radical (unpaired) electrons. The van der Waals surface area contributed by atoms with Crippen LogP contribution in [-0.2, 0) is 0 Å². The summed E-state index contributed by atoms with van der Waals surface area (Å²) < 4.78 is 0.866. The first kappa shape index (κ1) is 14.4. The van der Waals surface area contributed by atoms with Gasteiger partial charge in [0.1, 0.15) is 5.69 Å². The lowest BCUT2D eigenvalue weighted by molar-refractivity contribution is 0.0648. The summed E-state index contributed by atoms with van der Waals surface area (Å²) in [4.78, 5) is 20.8. The highest BCUT2D eigenvalue weighted by Crippen LogP contribution is 2.11. The number of carbonyl (C=O) groups excluding carboxylic acids is 1. The molecule has 1 aromatic heterocycles. The van der Waals surface area contributed by atoms with Gasteiger partial charge >= 0.3 is 0 Å². The van der Waals surface area contributed by atoms with E-state index in [9.17, 15) is 4.79 Å². The summed E-state index contributed by atoms with van der Waals surface area (Å²) in [7, 11) is 0. The fourth-order valence-corrected chi connectivity index (χ4v) is 2.41. The summed E-state index contributed by atoms with van der Waals surface area (Å²) in [6.07, 6.45) is 1.64. The second-order valence-corrected chi connectivity index (χ2v) is 5.84. The fraction of sp³-hybridized carbons (Fsp3) is 0.417. The minimum absolute atomic E-state index is 0.0255. The Morgan fingerprint density at radius 2 is 2.05 bits per heavy atom. The van der Waals surface area contributed by atoms with Crippen LogP contribution < -0.4 is 5.73 Å². The van der Waals surface area contributed by atoms with Crippen LogP contribution in [0.3, 0.4) is 0 Å². The molecule has 0 aliphatic carbocycles. The molecule has 0 saturated carbocycles. The van der Waals surface area contributed by atoms with Gasteiger partial charge in [-0.2, -0.15) is 0 Å². The van der Waals surface area contributed by atoms with Crippen molar-refractivity contribution in [2.45, 2.75) is 0 Å². The monoisotopic (exact) mass is 342 g/mol. The molecule has 7 heteroatoms. The lowest BCUT2D eigenvalue weighted by Crippen LogP contribution is -2.50.